The lowest BCUT2D eigenvalue weighted by molar-refractivity contribution is -0.274. The van der Waals surface area contributed by atoms with Crippen molar-refractivity contribution in [1.82, 2.24) is 4.90 Å². The Balaban J connectivity index is 1.79. The summed E-state index contributed by atoms with van der Waals surface area (Å²) < 4.78 is 41.2. The Morgan fingerprint density at radius 3 is 2.44 bits per heavy atom. The van der Waals surface area contributed by atoms with Crippen molar-refractivity contribution in [1.29, 1.82) is 0 Å². The number of hydrogen-bond acceptors (Lipinski definition) is 4. The number of hydrogen-bond donors (Lipinski definition) is 1. The van der Waals surface area contributed by atoms with Gasteiger partial charge in [0.15, 0.2) is 0 Å². The number of nitrogens with one attached hydrogen (secondary N) is 1. The molecule has 1 saturated heterocycles. The maximum atomic E-state index is 13.0. The molecule has 144 valence electrons. The van der Waals surface area contributed by atoms with E-state index >= 15 is 0 Å². The Morgan fingerprint density at radius 1 is 1.07 bits per heavy atom. The quantitative estimate of drug-likeness (QED) is 0.818. The molecule has 0 saturated carbocycles. The SMILES string of the molecule is O=C(Nc1cccc(OC(F)(F)F)c1)C(c1ccccc1)N1CCSCC1. The van der Waals surface area contributed by atoms with Crippen LogP contribution in [0.4, 0.5) is 18.9 Å². The first-order valence-electron chi connectivity index (χ1n) is 8.46. The largest absolute Gasteiger partial charge is 0.573 e. The second-order valence-corrected chi connectivity index (χ2v) is 7.25. The fraction of sp³-hybridized carbons (Fsp3) is 0.316. The molecular formula is C19H19F3N2O2S. The zero-order valence-electron chi connectivity index (χ0n) is 14.4. The molecule has 0 aromatic heterocycles. The molecule has 2 aromatic rings. The fourth-order valence-electron chi connectivity index (χ4n) is 2.98. The highest BCUT2D eigenvalue weighted by atomic mass is 32.2. The van der Waals surface area contributed by atoms with Crippen LogP contribution in [0.3, 0.4) is 0 Å². The summed E-state index contributed by atoms with van der Waals surface area (Å²) in [7, 11) is 0. The second-order valence-electron chi connectivity index (χ2n) is 6.03. The van der Waals surface area contributed by atoms with Crippen molar-refractivity contribution in [3.8, 4) is 5.75 Å². The van der Waals surface area contributed by atoms with Gasteiger partial charge in [-0.25, -0.2) is 0 Å². The number of amides is 1. The number of rotatable bonds is 5. The molecular weight excluding hydrogens is 377 g/mol. The van der Waals surface area contributed by atoms with Crippen LogP contribution in [-0.4, -0.2) is 41.8 Å². The molecule has 1 aliphatic rings. The van der Waals surface area contributed by atoms with Crippen molar-refractivity contribution in [2.24, 2.45) is 0 Å². The van der Waals surface area contributed by atoms with Crippen LogP contribution in [0.2, 0.25) is 0 Å². The van der Waals surface area contributed by atoms with Crippen LogP contribution in [0.5, 0.6) is 5.75 Å². The van der Waals surface area contributed by atoms with Crippen molar-refractivity contribution in [2.45, 2.75) is 12.4 Å². The third-order valence-corrected chi connectivity index (χ3v) is 5.05. The van der Waals surface area contributed by atoms with E-state index in [1.807, 2.05) is 42.1 Å². The van der Waals surface area contributed by atoms with Gasteiger partial charge in [-0.3, -0.25) is 9.69 Å². The molecule has 27 heavy (non-hydrogen) atoms. The van der Waals surface area contributed by atoms with Crippen LogP contribution >= 0.6 is 11.8 Å². The molecule has 2 aromatic carbocycles. The zero-order chi connectivity index (χ0) is 19.3. The van der Waals surface area contributed by atoms with E-state index in [2.05, 4.69) is 15.0 Å². The summed E-state index contributed by atoms with van der Waals surface area (Å²) in [5.41, 5.74) is 1.11. The maximum Gasteiger partial charge on any atom is 0.573 e. The summed E-state index contributed by atoms with van der Waals surface area (Å²) in [6.45, 7) is 1.55. The van der Waals surface area contributed by atoms with Gasteiger partial charge in [-0.05, 0) is 17.7 Å². The lowest BCUT2D eigenvalue weighted by Crippen LogP contribution is -2.41. The topological polar surface area (TPSA) is 41.6 Å². The van der Waals surface area contributed by atoms with Gasteiger partial charge in [-0.2, -0.15) is 11.8 Å². The monoisotopic (exact) mass is 396 g/mol. The first-order chi connectivity index (χ1) is 12.9. The molecule has 1 amide bonds. The molecule has 4 nitrogen and oxygen atoms in total. The first-order valence-corrected chi connectivity index (χ1v) is 9.61. The Hall–Kier alpha value is -2.19. The minimum Gasteiger partial charge on any atom is -0.406 e. The number of carbonyl (C=O) groups excluding carboxylic acids is 1. The van der Waals surface area contributed by atoms with Crippen molar-refractivity contribution in [3.05, 3.63) is 60.2 Å². The van der Waals surface area contributed by atoms with Gasteiger partial charge >= 0.3 is 6.36 Å². The Morgan fingerprint density at radius 2 is 1.78 bits per heavy atom. The molecule has 1 aliphatic heterocycles. The summed E-state index contributed by atoms with van der Waals surface area (Å²) in [5, 5.41) is 2.73. The summed E-state index contributed by atoms with van der Waals surface area (Å²) >= 11 is 1.84. The van der Waals surface area contributed by atoms with Gasteiger partial charge in [-0.15, -0.1) is 13.2 Å². The first kappa shape index (κ1) is 19.6. The molecule has 0 spiro atoms. The lowest BCUT2D eigenvalue weighted by atomic mass is 10.0. The minimum absolute atomic E-state index is 0.258. The second kappa shape index (κ2) is 8.67. The maximum absolute atomic E-state index is 13.0. The van der Waals surface area contributed by atoms with Gasteiger partial charge in [0.25, 0.3) is 0 Å². The predicted molar refractivity (Wildman–Crippen MR) is 99.8 cm³/mol. The summed E-state index contributed by atoms with van der Waals surface area (Å²) in [5.74, 6) is 1.22. The third kappa shape index (κ3) is 5.64. The van der Waals surface area contributed by atoms with Crippen LogP contribution in [0.15, 0.2) is 54.6 Å². The van der Waals surface area contributed by atoms with Gasteiger partial charge in [0.1, 0.15) is 11.8 Å². The van der Waals surface area contributed by atoms with Crippen molar-refractivity contribution < 1.29 is 22.7 Å². The summed E-state index contributed by atoms with van der Waals surface area (Å²) in [6.07, 6.45) is -4.78. The number of nitrogens with zero attached hydrogens (tertiary/aromatic N) is 1. The van der Waals surface area contributed by atoms with E-state index in [0.717, 1.165) is 30.2 Å². The van der Waals surface area contributed by atoms with Crippen LogP contribution in [-0.2, 0) is 4.79 Å². The van der Waals surface area contributed by atoms with Crippen LogP contribution in [0.1, 0.15) is 11.6 Å². The van der Waals surface area contributed by atoms with Gasteiger partial charge < -0.3 is 10.1 Å². The molecule has 1 N–H and O–H groups in total. The van der Waals surface area contributed by atoms with E-state index in [9.17, 15) is 18.0 Å². The molecule has 8 heteroatoms. The lowest BCUT2D eigenvalue weighted by Gasteiger charge is -2.33. The number of carbonyl (C=O) groups is 1. The molecule has 0 radical (unpaired) electrons. The van der Waals surface area contributed by atoms with E-state index in [4.69, 9.17) is 0 Å². The molecule has 3 rings (SSSR count). The van der Waals surface area contributed by atoms with E-state index in [1.54, 1.807) is 0 Å². The van der Waals surface area contributed by atoms with E-state index < -0.39 is 12.4 Å². The van der Waals surface area contributed by atoms with Gasteiger partial charge in [0.2, 0.25) is 5.91 Å². The number of alkyl halides is 3. The Bertz CT molecular complexity index is 765. The molecule has 1 fully saturated rings. The Kier molecular flexibility index (Phi) is 6.28. The highest BCUT2D eigenvalue weighted by Gasteiger charge is 2.32. The van der Waals surface area contributed by atoms with Crippen molar-refractivity contribution in [2.75, 3.05) is 29.9 Å². The fourth-order valence-corrected chi connectivity index (χ4v) is 3.91. The number of anilines is 1. The van der Waals surface area contributed by atoms with E-state index in [1.165, 1.54) is 24.3 Å². The van der Waals surface area contributed by atoms with Gasteiger partial charge in [0, 0.05) is 36.3 Å². The van der Waals surface area contributed by atoms with E-state index in [-0.39, 0.29) is 17.3 Å². The highest BCUT2D eigenvalue weighted by Crippen LogP contribution is 2.28. The average Bonchev–Trinajstić information content (AvgIpc) is 2.62. The number of ether oxygens (including phenoxy) is 1. The molecule has 0 bridgehead atoms. The van der Waals surface area contributed by atoms with Gasteiger partial charge in [0.05, 0.1) is 0 Å². The normalized spacial score (nSPS) is 16.6. The molecule has 1 unspecified atom stereocenters. The predicted octanol–water partition coefficient (Wildman–Crippen LogP) is 4.31. The average molecular weight is 396 g/mol. The number of thioether (sulfide) groups is 1. The molecule has 0 aliphatic carbocycles. The standard InChI is InChI=1S/C19H19F3N2O2S/c20-19(21,22)26-16-8-4-7-15(13-16)23-18(25)17(14-5-2-1-3-6-14)24-9-11-27-12-10-24/h1-8,13,17H,9-12H2,(H,23,25). The zero-order valence-corrected chi connectivity index (χ0v) is 15.2. The summed E-state index contributed by atoms with van der Waals surface area (Å²) in [6, 6.07) is 14.2. The Labute approximate surface area is 159 Å². The molecule has 1 heterocycles. The number of halogens is 3. The van der Waals surface area contributed by atoms with Crippen molar-refractivity contribution in [3.63, 3.8) is 0 Å². The van der Waals surface area contributed by atoms with Crippen LogP contribution < -0.4 is 10.1 Å². The van der Waals surface area contributed by atoms with Crippen molar-refractivity contribution >= 4 is 23.4 Å². The minimum atomic E-state index is -4.78. The summed E-state index contributed by atoms with van der Waals surface area (Å²) in [4.78, 5) is 15.1. The highest BCUT2D eigenvalue weighted by molar-refractivity contribution is 7.99. The third-order valence-electron chi connectivity index (χ3n) is 4.11. The van der Waals surface area contributed by atoms with Gasteiger partial charge in [-0.1, -0.05) is 36.4 Å². The van der Waals surface area contributed by atoms with E-state index in [0.29, 0.717) is 0 Å². The number of benzene rings is 2. The smallest absolute Gasteiger partial charge is 0.406 e. The molecule has 1 atom stereocenters. The van der Waals surface area contributed by atoms with Crippen LogP contribution in [0.25, 0.3) is 0 Å². The van der Waals surface area contributed by atoms with Crippen LogP contribution in [0, 0.1) is 0 Å².